The summed E-state index contributed by atoms with van der Waals surface area (Å²) in [6, 6.07) is 25.6. The van der Waals surface area contributed by atoms with Crippen molar-refractivity contribution in [2.75, 3.05) is 10.2 Å². The summed E-state index contributed by atoms with van der Waals surface area (Å²) in [4.78, 5) is 15.2. The second-order valence-electron chi connectivity index (χ2n) is 7.56. The predicted octanol–water partition coefficient (Wildman–Crippen LogP) is 7.30. The van der Waals surface area contributed by atoms with Gasteiger partial charge in [-0.15, -0.1) is 0 Å². The van der Waals surface area contributed by atoms with Gasteiger partial charge in [0.1, 0.15) is 0 Å². The zero-order valence-corrected chi connectivity index (χ0v) is 17.0. The van der Waals surface area contributed by atoms with Crippen LogP contribution in [0.25, 0.3) is 0 Å². The Morgan fingerprint density at radius 2 is 1.11 bits per heavy atom. The maximum atomic E-state index is 13.5. The van der Waals surface area contributed by atoms with E-state index < -0.39 is 0 Å². The number of nitrogens with zero attached hydrogens (tertiary/aromatic N) is 1. The maximum Gasteiger partial charge on any atom is 0.330 e. The van der Waals surface area contributed by atoms with Gasteiger partial charge in [0.15, 0.2) is 0 Å². The average Bonchev–Trinajstić information content (AvgIpc) is 2.69. The fourth-order valence-corrected chi connectivity index (χ4v) is 3.40. The number of hydrogen-bond acceptors (Lipinski definition) is 1. The number of nitrogens with one attached hydrogen (secondary N) is 1. The molecule has 144 valence electrons. The minimum absolute atomic E-state index is 0.160. The number of benzene rings is 3. The molecule has 0 spiro atoms. The van der Waals surface area contributed by atoms with Crippen molar-refractivity contribution in [3.63, 3.8) is 0 Å². The third-order valence-corrected chi connectivity index (χ3v) is 4.84. The van der Waals surface area contributed by atoms with E-state index in [-0.39, 0.29) is 6.03 Å². The van der Waals surface area contributed by atoms with Gasteiger partial charge in [-0.25, -0.2) is 4.79 Å². The number of para-hydroxylation sites is 3. The lowest BCUT2D eigenvalue weighted by molar-refractivity contribution is 0.259. The fraction of sp³-hybridized carbons (Fsp3) is 0.240. The Kier molecular flexibility index (Phi) is 6.15. The highest BCUT2D eigenvalue weighted by Crippen LogP contribution is 2.34. The zero-order chi connectivity index (χ0) is 20.1. The van der Waals surface area contributed by atoms with Gasteiger partial charge in [0.05, 0.1) is 11.4 Å². The van der Waals surface area contributed by atoms with Gasteiger partial charge < -0.3 is 5.32 Å². The summed E-state index contributed by atoms with van der Waals surface area (Å²) in [5, 5.41) is 3.23. The summed E-state index contributed by atoms with van der Waals surface area (Å²) >= 11 is 0. The molecule has 0 aromatic heterocycles. The molecule has 0 fully saturated rings. The molecule has 0 aliphatic heterocycles. The fourth-order valence-electron chi connectivity index (χ4n) is 3.40. The Morgan fingerprint density at radius 3 is 1.50 bits per heavy atom. The van der Waals surface area contributed by atoms with Crippen molar-refractivity contribution < 1.29 is 4.79 Å². The van der Waals surface area contributed by atoms with Crippen LogP contribution in [0.4, 0.5) is 21.9 Å². The molecule has 28 heavy (non-hydrogen) atoms. The first-order valence-electron chi connectivity index (χ1n) is 9.83. The first-order chi connectivity index (χ1) is 13.5. The smallest absolute Gasteiger partial charge is 0.307 e. The molecule has 0 radical (unpaired) electrons. The average molecular weight is 373 g/mol. The van der Waals surface area contributed by atoms with Gasteiger partial charge in [0, 0.05) is 5.69 Å². The molecule has 0 bridgehead atoms. The van der Waals surface area contributed by atoms with Crippen LogP contribution in [0.3, 0.4) is 0 Å². The Labute approximate surface area is 168 Å². The van der Waals surface area contributed by atoms with E-state index in [9.17, 15) is 4.79 Å². The molecule has 1 N–H and O–H groups in total. The second kappa shape index (κ2) is 8.75. The Balaban J connectivity index is 2.05. The van der Waals surface area contributed by atoms with Crippen molar-refractivity contribution >= 4 is 23.1 Å². The highest BCUT2D eigenvalue weighted by atomic mass is 16.2. The third kappa shape index (κ3) is 4.25. The first-order valence-corrected chi connectivity index (χ1v) is 9.83. The van der Waals surface area contributed by atoms with Crippen molar-refractivity contribution in [2.45, 2.75) is 39.5 Å². The summed E-state index contributed by atoms with van der Waals surface area (Å²) in [6.45, 7) is 8.62. The lowest BCUT2D eigenvalue weighted by Crippen LogP contribution is -2.31. The van der Waals surface area contributed by atoms with Gasteiger partial charge in [-0.1, -0.05) is 82.3 Å². The van der Waals surface area contributed by atoms with Crippen LogP contribution in [-0.2, 0) is 0 Å². The molecule has 0 atom stereocenters. The molecule has 3 rings (SSSR count). The third-order valence-electron chi connectivity index (χ3n) is 4.84. The van der Waals surface area contributed by atoms with Crippen LogP contribution >= 0.6 is 0 Å². The van der Waals surface area contributed by atoms with Crippen LogP contribution in [0.2, 0.25) is 0 Å². The predicted molar refractivity (Wildman–Crippen MR) is 119 cm³/mol. The van der Waals surface area contributed by atoms with E-state index in [4.69, 9.17) is 0 Å². The highest BCUT2D eigenvalue weighted by Gasteiger charge is 2.21. The standard InChI is InChI=1S/C25H28N2O/c1-18(2)22-16-11-17-23(19(3)4)24(22)26-25(28)27(20-12-7-5-8-13-20)21-14-9-6-10-15-21/h5-19H,1-4H3,(H,26,28). The Bertz CT molecular complexity index is 852. The zero-order valence-electron chi connectivity index (χ0n) is 17.0. The second-order valence-corrected chi connectivity index (χ2v) is 7.56. The molecular formula is C25H28N2O. The lowest BCUT2D eigenvalue weighted by Gasteiger charge is -2.26. The van der Waals surface area contributed by atoms with Crippen molar-refractivity contribution in [2.24, 2.45) is 0 Å². The molecule has 0 heterocycles. The van der Waals surface area contributed by atoms with E-state index >= 15 is 0 Å². The van der Waals surface area contributed by atoms with E-state index in [1.807, 2.05) is 60.7 Å². The summed E-state index contributed by atoms with van der Waals surface area (Å²) in [5.41, 5.74) is 4.90. The Morgan fingerprint density at radius 1 is 0.679 bits per heavy atom. The van der Waals surface area contributed by atoms with Gasteiger partial charge >= 0.3 is 6.03 Å². The molecule has 2 amide bonds. The van der Waals surface area contributed by atoms with Crippen LogP contribution in [0, 0.1) is 0 Å². The SMILES string of the molecule is CC(C)c1cccc(C(C)C)c1NC(=O)N(c1ccccc1)c1ccccc1. The molecule has 0 saturated heterocycles. The van der Waals surface area contributed by atoms with Gasteiger partial charge in [0.2, 0.25) is 0 Å². The topological polar surface area (TPSA) is 32.3 Å². The Hall–Kier alpha value is -3.07. The van der Waals surface area contributed by atoms with Gasteiger partial charge in [0.25, 0.3) is 0 Å². The first kappa shape index (κ1) is 19.7. The molecule has 3 nitrogen and oxygen atoms in total. The molecule has 3 aromatic rings. The molecule has 0 aliphatic carbocycles. The van der Waals surface area contributed by atoms with Crippen LogP contribution < -0.4 is 10.2 Å². The quantitative estimate of drug-likeness (QED) is 0.500. The lowest BCUT2D eigenvalue weighted by atomic mass is 9.93. The van der Waals surface area contributed by atoms with Gasteiger partial charge in [-0.2, -0.15) is 0 Å². The van der Waals surface area contributed by atoms with E-state index in [1.54, 1.807) is 4.90 Å². The number of amides is 2. The van der Waals surface area contributed by atoms with Crippen LogP contribution in [0.5, 0.6) is 0 Å². The normalized spacial score (nSPS) is 10.9. The van der Waals surface area contributed by atoms with Crippen molar-refractivity contribution in [1.29, 1.82) is 0 Å². The van der Waals surface area contributed by atoms with Crippen molar-refractivity contribution in [1.82, 2.24) is 0 Å². The van der Waals surface area contributed by atoms with Gasteiger partial charge in [-0.3, -0.25) is 4.90 Å². The minimum atomic E-state index is -0.160. The molecule has 0 unspecified atom stereocenters. The van der Waals surface area contributed by atoms with E-state index in [2.05, 4.69) is 51.2 Å². The van der Waals surface area contributed by atoms with Crippen LogP contribution in [0.15, 0.2) is 78.9 Å². The highest BCUT2D eigenvalue weighted by molar-refractivity contribution is 6.07. The van der Waals surface area contributed by atoms with Crippen LogP contribution in [-0.4, -0.2) is 6.03 Å². The summed E-state index contributed by atoms with van der Waals surface area (Å²) in [5.74, 6) is 0.631. The molecular weight excluding hydrogens is 344 g/mol. The summed E-state index contributed by atoms with van der Waals surface area (Å²) in [6.07, 6.45) is 0. The monoisotopic (exact) mass is 372 g/mol. The number of urea groups is 1. The van der Waals surface area contributed by atoms with E-state index in [1.165, 1.54) is 0 Å². The number of carbonyl (C=O) groups is 1. The number of rotatable bonds is 5. The maximum absolute atomic E-state index is 13.5. The number of anilines is 3. The molecule has 3 aromatic carbocycles. The number of carbonyl (C=O) groups excluding carboxylic acids is 1. The largest absolute Gasteiger partial charge is 0.330 e. The minimum Gasteiger partial charge on any atom is -0.307 e. The summed E-state index contributed by atoms with van der Waals surface area (Å²) in [7, 11) is 0. The van der Waals surface area contributed by atoms with Crippen LogP contribution in [0.1, 0.15) is 50.7 Å². The summed E-state index contributed by atoms with van der Waals surface area (Å²) < 4.78 is 0. The van der Waals surface area contributed by atoms with Crippen molar-refractivity contribution in [3.05, 3.63) is 90.0 Å². The van der Waals surface area contributed by atoms with Crippen molar-refractivity contribution in [3.8, 4) is 0 Å². The molecule has 0 aliphatic rings. The number of hydrogen-bond donors (Lipinski definition) is 1. The molecule has 0 saturated carbocycles. The molecule has 3 heteroatoms. The van der Waals surface area contributed by atoms with E-state index in [0.29, 0.717) is 11.8 Å². The van der Waals surface area contributed by atoms with E-state index in [0.717, 1.165) is 28.2 Å². The van der Waals surface area contributed by atoms with Gasteiger partial charge in [-0.05, 0) is 47.2 Å².